The Morgan fingerprint density at radius 2 is 1.95 bits per heavy atom. The molecule has 3 rings (SSSR count). The van der Waals surface area contributed by atoms with E-state index in [1.54, 1.807) is 30.5 Å². The van der Waals surface area contributed by atoms with E-state index in [-0.39, 0.29) is 26.0 Å². The van der Waals surface area contributed by atoms with Crippen LogP contribution in [0.1, 0.15) is 45.6 Å². The van der Waals surface area contributed by atoms with Crippen LogP contribution in [-0.2, 0) is 35.0 Å². The maximum Gasteiger partial charge on any atom is 0.376 e. The summed E-state index contributed by atoms with van der Waals surface area (Å²) < 4.78 is 25.1. The van der Waals surface area contributed by atoms with Crippen LogP contribution in [0.5, 0.6) is 0 Å². The highest BCUT2D eigenvalue weighted by Crippen LogP contribution is 2.36. The summed E-state index contributed by atoms with van der Waals surface area (Å²) in [6, 6.07) is 8.38. The minimum absolute atomic E-state index is 0.0599. The van der Waals surface area contributed by atoms with Crippen LogP contribution in [0.25, 0.3) is 0 Å². The van der Waals surface area contributed by atoms with Crippen molar-refractivity contribution in [2.45, 2.75) is 58.3 Å². The first-order chi connectivity index (χ1) is 17.6. The van der Waals surface area contributed by atoms with Gasteiger partial charge < -0.3 is 14.8 Å². The molecule has 1 aromatic rings. The van der Waals surface area contributed by atoms with Crippen molar-refractivity contribution in [3.63, 3.8) is 0 Å². The quantitative estimate of drug-likeness (QED) is 0.217. The Morgan fingerprint density at radius 3 is 2.62 bits per heavy atom. The van der Waals surface area contributed by atoms with Gasteiger partial charge in [-0.25, -0.2) is 14.9 Å². The second-order valence-corrected chi connectivity index (χ2v) is 11.3. The lowest BCUT2D eigenvalue weighted by Crippen LogP contribution is -2.49. The van der Waals surface area contributed by atoms with Gasteiger partial charge in [-0.3, -0.25) is 29.3 Å². The monoisotopic (exact) mass is 535 g/mol. The number of imide groups is 1. The predicted octanol–water partition coefficient (Wildman–Crippen LogP) is 1.85. The van der Waals surface area contributed by atoms with Crippen LogP contribution in [0.15, 0.2) is 41.7 Å². The van der Waals surface area contributed by atoms with E-state index in [4.69, 9.17) is 9.47 Å². The molecular formula is C24H34N5O7P. The summed E-state index contributed by atoms with van der Waals surface area (Å²) >= 11 is 0. The number of rotatable bonds is 11. The molecule has 3 N–H and O–H groups in total. The summed E-state index contributed by atoms with van der Waals surface area (Å²) in [5.74, 6) is -1.04. The average molecular weight is 536 g/mol. The van der Waals surface area contributed by atoms with Gasteiger partial charge in [0.25, 0.3) is 0 Å². The SMILES string of the molecule is CC(C)(C)OC(=O)[PH](=O)N1CCC2=C(C1)NCN2N[C@@H](CCC(=O)NC=O)C(=O)OCc1ccccc1. The van der Waals surface area contributed by atoms with Crippen molar-refractivity contribution in [3.8, 4) is 0 Å². The second-order valence-electron chi connectivity index (χ2n) is 9.67. The molecule has 37 heavy (non-hydrogen) atoms. The van der Waals surface area contributed by atoms with Gasteiger partial charge in [-0.15, -0.1) is 0 Å². The van der Waals surface area contributed by atoms with Crippen molar-refractivity contribution in [3.05, 3.63) is 47.3 Å². The number of amides is 2. The van der Waals surface area contributed by atoms with E-state index < -0.39 is 37.2 Å². The molecule has 0 fully saturated rings. The molecule has 2 atom stereocenters. The summed E-state index contributed by atoms with van der Waals surface area (Å²) in [5.41, 5.74) is 4.18. The molecule has 0 aromatic heterocycles. The van der Waals surface area contributed by atoms with Gasteiger partial charge in [0.2, 0.25) is 20.3 Å². The highest BCUT2D eigenvalue weighted by molar-refractivity contribution is 7.60. The molecule has 1 aromatic carbocycles. The Balaban J connectivity index is 1.64. The van der Waals surface area contributed by atoms with Gasteiger partial charge in [-0.05, 0) is 32.8 Å². The summed E-state index contributed by atoms with van der Waals surface area (Å²) in [4.78, 5) is 47.6. The van der Waals surface area contributed by atoms with Crippen LogP contribution in [-0.4, -0.2) is 65.1 Å². The molecule has 0 spiro atoms. The Kier molecular flexibility index (Phi) is 9.85. The molecule has 0 radical (unpaired) electrons. The number of hydrogen-bond donors (Lipinski definition) is 3. The normalized spacial score (nSPS) is 17.3. The van der Waals surface area contributed by atoms with Gasteiger partial charge in [0.05, 0.1) is 5.70 Å². The van der Waals surface area contributed by atoms with Gasteiger partial charge in [-0.1, -0.05) is 30.3 Å². The average Bonchev–Trinajstić information content (AvgIpc) is 3.26. The molecule has 0 bridgehead atoms. The first-order valence-corrected chi connectivity index (χ1v) is 13.4. The number of carbonyl (C=O) groups is 4. The number of carbonyl (C=O) groups excluding carboxylic acids is 4. The molecule has 13 heteroatoms. The fourth-order valence-corrected chi connectivity index (χ4v) is 5.16. The van der Waals surface area contributed by atoms with Gasteiger partial charge >= 0.3 is 11.7 Å². The Hall–Kier alpha value is -3.21. The number of esters is 1. The molecule has 1 unspecified atom stereocenters. The Labute approximate surface area is 216 Å². The largest absolute Gasteiger partial charge is 0.460 e. The maximum absolute atomic E-state index is 12.9. The molecule has 2 heterocycles. The zero-order valence-corrected chi connectivity index (χ0v) is 22.2. The number of ether oxygens (including phenoxy) is 2. The molecule has 0 saturated carbocycles. The molecule has 2 amide bonds. The van der Waals surface area contributed by atoms with E-state index >= 15 is 0 Å². The summed E-state index contributed by atoms with van der Waals surface area (Å²) in [7, 11) is -2.79. The molecule has 2 aliphatic rings. The molecule has 0 saturated heterocycles. The van der Waals surface area contributed by atoms with Crippen LogP contribution in [0, 0.1) is 0 Å². The first-order valence-electron chi connectivity index (χ1n) is 12.0. The van der Waals surface area contributed by atoms with Crippen LogP contribution in [0.2, 0.25) is 0 Å². The van der Waals surface area contributed by atoms with Crippen molar-refractivity contribution in [2.75, 3.05) is 19.8 Å². The highest BCUT2D eigenvalue weighted by atomic mass is 31.1. The topological polar surface area (TPSA) is 146 Å². The third kappa shape index (κ3) is 8.41. The van der Waals surface area contributed by atoms with Crippen molar-refractivity contribution in [1.29, 1.82) is 0 Å². The van der Waals surface area contributed by atoms with Crippen LogP contribution >= 0.6 is 7.95 Å². The van der Waals surface area contributed by atoms with Gasteiger partial charge in [0.15, 0.2) is 0 Å². The maximum atomic E-state index is 12.9. The lowest BCUT2D eigenvalue weighted by Gasteiger charge is -2.31. The van der Waals surface area contributed by atoms with E-state index in [9.17, 15) is 23.7 Å². The zero-order valence-electron chi connectivity index (χ0n) is 21.2. The van der Waals surface area contributed by atoms with Gasteiger partial charge in [0.1, 0.15) is 24.9 Å². The van der Waals surface area contributed by atoms with Crippen molar-refractivity contribution < 1.29 is 33.2 Å². The molecule has 202 valence electrons. The molecule has 0 aliphatic carbocycles. The lowest BCUT2D eigenvalue weighted by molar-refractivity contribution is -0.149. The second kappa shape index (κ2) is 12.8. The number of hydrazine groups is 1. The van der Waals surface area contributed by atoms with Crippen LogP contribution in [0.3, 0.4) is 0 Å². The number of hydrogen-bond acceptors (Lipinski definition) is 10. The molecule has 2 aliphatic heterocycles. The Morgan fingerprint density at radius 1 is 1.22 bits per heavy atom. The lowest BCUT2D eigenvalue weighted by atomic mass is 10.1. The summed E-state index contributed by atoms with van der Waals surface area (Å²) in [5, 5.41) is 7.05. The van der Waals surface area contributed by atoms with E-state index in [2.05, 4.69) is 16.1 Å². The minimum atomic E-state index is -2.79. The third-order valence-electron chi connectivity index (χ3n) is 5.65. The van der Waals surface area contributed by atoms with Crippen molar-refractivity contribution in [2.24, 2.45) is 0 Å². The van der Waals surface area contributed by atoms with E-state index in [1.807, 2.05) is 30.3 Å². The van der Waals surface area contributed by atoms with Crippen LogP contribution in [0.4, 0.5) is 4.79 Å². The standard InChI is InChI=1S/C24H34N5O7P/c1-24(2,3)36-23(33)37(34)28-12-11-20-19(13-28)25-15-29(20)27-18(9-10-21(31)26-16-30)22(32)35-14-17-7-5-4-6-8-17/h4-8,16,18,25,27,37H,9-15H2,1-3H3,(H,26,30,31)/t18-/m0/s1. The fraction of sp³-hybridized carbons (Fsp3) is 0.500. The summed E-state index contributed by atoms with van der Waals surface area (Å²) in [6.07, 6.45) is 0.823. The zero-order chi connectivity index (χ0) is 27.0. The predicted molar refractivity (Wildman–Crippen MR) is 135 cm³/mol. The van der Waals surface area contributed by atoms with Crippen molar-refractivity contribution >= 4 is 31.9 Å². The van der Waals surface area contributed by atoms with Gasteiger partial charge in [0, 0.05) is 31.6 Å². The minimum Gasteiger partial charge on any atom is -0.460 e. The van der Waals surface area contributed by atoms with E-state index in [0.717, 1.165) is 17.0 Å². The fourth-order valence-electron chi connectivity index (χ4n) is 3.89. The first kappa shape index (κ1) is 28.4. The Bertz CT molecular complexity index is 1060. The molecular weight excluding hydrogens is 501 g/mol. The third-order valence-corrected chi connectivity index (χ3v) is 7.06. The number of nitrogens with zero attached hydrogens (tertiary/aromatic N) is 2. The van der Waals surface area contributed by atoms with Crippen molar-refractivity contribution in [1.82, 2.24) is 25.7 Å². The van der Waals surface area contributed by atoms with Crippen LogP contribution < -0.4 is 16.1 Å². The number of nitrogens with one attached hydrogen (secondary N) is 3. The highest BCUT2D eigenvalue weighted by Gasteiger charge is 2.35. The number of benzene rings is 1. The molecule has 12 nitrogen and oxygen atoms in total. The van der Waals surface area contributed by atoms with E-state index in [0.29, 0.717) is 26.0 Å². The summed E-state index contributed by atoms with van der Waals surface area (Å²) in [6.45, 7) is 6.23. The smallest absolute Gasteiger partial charge is 0.376 e. The van der Waals surface area contributed by atoms with Gasteiger partial charge in [-0.2, -0.15) is 0 Å². The van der Waals surface area contributed by atoms with E-state index in [1.165, 1.54) is 0 Å².